The van der Waals surface area contributed by atoms with Crippen LogP contribution in [0.4, 0.5) is 28.4 Å². The number of nitrogens with zero attached hydrogens (tertiary/aromatic N) is 4. The quantitative estimate of drug-likeness (QED) is 0.0162. The third-order valence-electron chi connectivity index (χ3n) is 11.8. The van der Waals surface area contributed by atoms with Gasteiger partial charge in [0.05, 0.1) is 50.5 Å². The van der Waals surface area contributed by atoms with Gasteiger partial charge in [-0.2, -0.15) is 31.3 Å². The number of amidine groups is 1. The van der Waals surface area contributed by atoms with E-state index in [1.807, 2.05) is 0 Å². The topological polar surface area (TPSA) is 294 Å². The summed E-state index contributed by atoms with van der Waals surface area (Å²) in [6, 6.07) is 14.7. The summed E-state index contributed by atoms with van der Waals surface area (Å²) in [6.07, 6.45) is 10.5. The van der Waals surface area contributed by atoms with Gasteiger partial charge in [-0.15, -0.1) is 0 Å². The highest BCUT2D eigenvalue weighted by molar-refractivity contribution is 7.86. The van der Waals surface area contributed by atoms with Crippen LogP contribution in [0.1, 0.15) is 83.1 Å². The molecule has 0 bridgehead atoms. The number of carbonyl (C=O) groups is 2. The lowest BCUT2D eigenvalue weighted by Gasteiger charge is -2.20. The number of aryl methyl sites for hydroxylation is 1. The molecular formula is C50H55Cl4N7O14S3. The predicted molar refractivity (Wildman–Crippen MR) is 299 cm³/mol. The van der Waals surface area contributed by atoms with Crippen LogP contribution in [0.3, 0.4) is 0 Å². The van der Waals surface area contributed by atoms with Gasteiger partial charge in [0.2, 0.25) is 6.04 Å². The molecule has 21 nitrogen and oxygen atoms in total. The van der Waals surface area contributed by atoms with Crippen LogP contribution >= 0.6 is 46.4 Å². The summed E-state index contributed by atoms with van der Waals surface area (Å²) < 4.78 is 104. The zero-order valence-corrected chi connectivity index (χ0v) is 47.8. The zero-order chi connectivity index (χ0) is 56.9. The van der Waals surface area contributed by atoms with Crippen LogP contribution in [0.5, 0.6) is 28.7 Å². The molecule has 5 aromatic carbocycles. The van der Waals surface area contributed by atoms with Crippen molar-refractivity contribution in [3.8, 4) is 28.7 Å². The summed E-state index contributed by atoms with van der Waals surface area (Å²) in [5.74, 6) is -1.68. The van der Waals surface area contributed by atoms with Gasteiger partial charge in [0.15, 0.2) is 11.9 Å². The maximum atomic E-state index is 14.4. The molecule has 0 aromatic heterocycles. The number of nitrogens with one attached hydrogen (secondary N) is 3. The molecule has 0 aliphatic carbocycles. The van der Waals surface area contributed by atoms with Crippen molar-refractivity contribution in [1.82, 2.24) is 5.43 Å². The first-order valence-electron chi connectivity index (χ1n) is 24.0. The normalized spacial score (nSPS) is 15.1. The Labute approximate surface area is 473 Å². The molecule has 5 aromatic rings. The van der Waals surface area contributed by atoms with E-state index in [0.29, 0.717) is 35.9 Å². The third-order valence-corrected chi connectivity index (χ3v) is 15.3. The van der Waals surface area contributed by atoms with Gasteiger partial charge in [-0.3, -0.25) is 28.8 Å². The number of phenolic OH excluding ortho intramolecular Hbond substituents is 1. The van der Waals surface area contributed by atoms with Crippen molar-refractivity contribution in [1.29, 1.82) is 0 Å². The van der Waals surface area contributed by atoms with Crippen molar-refractivity contribution in [2.45, 2.75) is 106 Å². The third kappa shape index (κ3) is 16.8. The Balaban J connectivity index is 1.28. The van der Waals surface area contributed by atoms with Crippen LogP contribution < -0.4 is 38.9 Å². The van der Waals surface area contributed by atoms with E-state index in [0.717, 1.165) is 37.1 Å². The Morgan fingerprint density at radius 2 is 1.38 bits per heavy atom. The fourth-order valence-electron chi connectivity index (χ4n) is 7.78. The van der Waals surface area contributed by atoms with Crippen molar-refractivity contribution in [3.05, 3.63) is 105 Å². The second kappa shape index (κ2) is 27.8. The van der Waals surface area contributed by atoms with Crippen molar-refractivity contribution < 1.29 is 63.2 Å². The lowest BCUT2D eigenvalue weighted by atomic mass is 10.0. The number of anilines is 3. The molecule has 3 unspecified atom stereocenters. The van der Waals surface area contributed by atoms with E-state index in [-0.39, 0.29) is 71.6 Å². The number of phenols is 1. The Morgan fingerprint density at radius 3 is 1.97 bits per heavy atom. The van der Waals surface area contributed by atoms with Gasteiger partial charge < -0.3 is 28.8 Å². The van der Waals surface area contributed by atoms with E-state index < -0.39 is 71.0 Å². The molecule has 2 amide bonds. The molecule has 1 fully saturated rings. The first-order chi connectivity index (χ1) is 37.0. The smallest absolute Gasteiger partial charge is 0.316 e. The number of halogens is 4. The van der Waals surface area contributed by atoms with E-state index in [2.05, 4.69) is 37.6 Å². The maximum absolute atomic E-state index is 14.4. The van der Waals surface area contributed by atoms with Crippen LogP contribution in [0.25, 0.3) is 0 Å². The van der Waals surface area contributed by atoms with Crippen LogP contribution in [0.15, 0.2) is 104 Å². The number of unbranched alkanes of at least 4 members (excludes halogenated alkanes) is 9. The fourth-order valence-corrected chi connectivity index (χ4v) is 10.7. The van der Waals surface area contributed by atoms with E-state index in [4.69, 9.17) is 64.8 Å². The van der Waals surface area contributed by atoms with Crippen molar-refractivity contribution in [2.75, 3.05) is 29.3 Å². The Morgan fingerprint density at radius 1 is 0.769 bits per heavy atom. The lowest BCUT2D eigenvalue weighted by Crippen LogP contribution is -2.36. The number of ether oxygens (including phenoxy) is 3. The minimum absolute atomic E-state index is 0.00802. The molecule has 1 aliphatic heterocycles. The average molecular weight is 1220 g/mol. The highest BCUT2D eigenvalue weighted by Crippen LogP contribution is 2.41. The van der Waals surface area contributed by atoms with E-state index in [9.17, 15) is 44.8 Å². The number of hydrazine groups is 1. The van der Waals surface area contributed by atoms with E-state index in [1.165, 1.54) is 88.8 Å². The second-order valence-electron chi connectivity index (χ2n) is 17.5. The predicted octanol–water partition coefficient (Wildman–Crippen LogP) is 12.3. The van der Waals surface area contributed by atoms with Gasteiger partial charge >= 0.3 is 11.3 Å². The average Bonchev–Trinajstić information content (AvgIpc) is 3.78. The minimum Gasteiger partial charge on any atom is -0.508 e. The Hall–Kier alpha value is -5.96. The summed E-state index contributed by atoms with van der Waals surface area (Å²) in [7, 11) is -7.56. The first kappa shape index (κ1) is 61.3. The summed E-state index contributed by atoms with van der Waals surface area (Å²) in [4.78, 5) is 31.2. The van der Waals surface area contributed by atoms with Gasteiger partial charge in [-0.05, 0) is 79.9 Å². The summed E-state index contributed by atoms with van der Waals surface area (Å²) in [6.45, 7) is 3.92. The van der Waals surface area contributed by atoms with Gasteiger partial charge in [-0.25, -0.2) is 10.0 Å². The van der Waals surface area contributed by atoms with Gasteiger partial charge in [0.1, 0.15) is 40.1 Å². The molecule has 1 heterocycles. The number of rotatable bonds is 27. The van der Waals surface area contributed by atoms with Crippen molar-refractivity contribution >= 4 is 124 Å². The fraction of sp³-hybridized carbons (Fsp3) is 0.340. The second-order valence-corrected chi connectivity index (χ2v) is 22.9. The molecule has 0 saturated carbocycles. The molecule has 1 aliphatic rings. The van der Waals surface area contributed by atoms with E-state index >= 15 is 0 Å². The van der Waals surface area contributed by atoms with Gasteiger partial charge in [0, 0.05) is 35.0 Å². The first-order valence-corrected chi connectivity index (χ1v) is 29.5. The number of aliphatic imine (C=N–C) groups is 1. The molecule has 0 spiro atoms. The van der Waals surface area contributed by atoms with Crippen molar-refractivity contribution in [3.63, 3.8) is 0 Å². The number of aromatic hydroxyl groups is 1. The van der Waals surface area contributed by atoms with Gasteiger partial charge in [-0.1, -0.05) is 111 Å². The number of azo groups is 1. The lowest BCUT2D eigenvalue weighted by molar-refractivity contribution is -0.123. The van der Waals surface area contributed by atoms with Crippen LogP contribution in [0, 0.1) is 6.92 Å². The number of benzene rings is 5. The zero-order valence-electron chi connectivity index (χ0n) is 42.3. The molecule has 6 rings (SSSR count). The molecule has 78 heavy (non-hydrogen) atoms. The van der Waals surface area contributed by atoms with Crippen LogP contribution in [-0.4, -0.2) is 79.3 Å². The number of hydrogen-bond acceptors (Lipinski definition) is 15. The molecule has 28 heteroatoms. The number of amides is 2. The number of methoxy groups -OCH3 is 2. The number of carbonyl (C=O) groups excluding carboxylic acids is 2. The highest BCUT2D eigenvalue weighted by Gasteiger charge is 2.41. The maximum Gasteiger partial charge on any atom is 0.316 e. The van der Waals surface area contributed by atoms with E-state index in [1.54, 1.807) is 25.1 Å². The van der Waals surface area contributed by atoms with Crippen molar-refractivity contribution in [2.24, 2.45) is 15.2 Å². The molecule has 1 saturated heterocycles. The Bertz CT molecular complexity index is 3260. The Kier molecular flexibility index (Phi) is 21.8. The summed E-state index contributed by atoms with van der Waals surface area (Å²) >= 11 is 23.4. The standard InChI is InChI=1S/C50H55Cl4N7O14S3/c1-5-6-7-8-9-10-11-12-13-14-15-43(74-32-17-19-42(62)29(2)20-32)49(63)55-31-16-18-36(52)39(23-31)56-48-46(50(64)61(59-48)47-37(53)21-30(51)22-38(47)54)58-57-40-27-45(73-4)41(28-44(40)72-3)60-76(65)75-33-24-34(77(66,67)68)26-35(25-33)78(69,70)71/h16-28,43,46,60,62H,5-15H2,1-4H3,(H,55,63)(H,56,59)(H,66,67,68)(H,69,70,71). The summed E-state index contributed by atoms with van der Waals surface area (Å²) in [5.41, 5.74) is 3.66. The highest BCUT2D eigenvalue weighted by atomic mass is 35.5. The van der Waals surface area contributed by atoms with Gasteiger partial charge in [0.25, 0.3) is 32.1 Å². The molecule has 6 N–H and O–H groups in total. The van der Waals surface area contributed by atoms with Crippen LogP contribution in [0.2, 0.25) is 20.1 Å². The SMILES string of the molecule is CCCCCCCCCCCCC(Oc1ccc(O)c(C)c1)C(=O)Nc1ccc(Cl)c(N=C2NN(c3c(Cl)cc(Cl)cc3Cl)C(=O)C2N=Nc2cc(OC)c(NS(=O)Oc3cc(S(=O)(=O)O)cc(S(=O)(=O)O)c3)cc2OC)c1. The minimum atomic E-state index is -5.02. The molecular weight excluding hydrogens is 1160 g/mol. The molecule has 0 radical (unpaired) electrons. The number of hydrogen-bond donors (Lipinski definition) is 6. The summed E-state index contributed by atoms with van der Waals surface area (Å²) in [5, 5.41) is 22.9. The largest absolute Gasteiger partial charge is 0.508 e. The molecule has 3 atom stereocenters. The molecule has 420 valence electrons. The monoisotopic (exact) mass is 1210 g/mol. The van der Waals surface area contributed by atoms with Crippen LogP contribution in [-0.2, 0) is 41.1 Å².